The molecule has 0 aliphatic carbocycles. The summed E-state index contributed by atoms with van der Waals surface area (Å²) in [5, 5.41) is 8.73. The molecule has 0 amide bonds. The van der Waals surface area contributed by atoms with E-state index in [1.807, 2.05) is 0 Å². The third-order valence-corrected chi connectivity index (χ3v) is 3.34. The summed E-state index contributed by atoms with van der Waals surface area (Å²) in [4.78, 5) is 0. The second-order valence-corrected chi connectivity index (χ2v) is 4.38. The Morgan fingerprint density at radius 3 is 1.86 bits per heavy atom. The quantitative estimate of drug-likeness (QED) is 0.743. The van der Waals surface area contributed by atoms with Crippen molar-refractivity contribution < 1.29 is 31.9 Å². The summed E-state index contributed by atoms with van der Waals surface area (Å²) in [5.74, 6) is -3.09. The van der Waals surface area contributed by atoms with E-state index in [1.54, 1.807) is 0 Å². The average molecular weight is 236 g/mol. The van der Waals surface area contributed by atoms with Crippen molar-refractivity contribution in [1.29, 1.82) is 0 Å². The van der Waals surface area contributed by atoms with Gasteiger partial charge in [-0.25, -0.2) is 0 Å². The maximum Gasteiger partial charge on any atom is 0.426 e. The fourth-order valence-corrected chi connectivity index (χ4v) is 2.15. The van der Waals surface area contributed by atoms with Crippen molar-refractivity contribution in [2.75, 3.05) is 13.2 Å². The number of halogens is 3. The van der Waals surface area contributed by atoms with Gasteiger partial charge in [-0.05, 0) is 13.8 Å². The van der Waals surface area contributed by atoms with E-state index < -0.39 is 19.6 Å². The SMILES string of the molecule is CCOP(=O)(OCC)[C@@H](O)C(F)(F)F. The van der Waals surface area contributed by atoms with E-state index in [2.05, 4.69) is 9.05 Å². The summed E-state index contributed by atoms with van der Waals surface area (Å²) in [7, 11) is -4.50. The molecule has 0 bridgehead atoms. The number of hydrogen-bond acceptors (Lipinski definition) is 4. The van der Waals surface area contributed by atoms with Crippen molar-refractivity contribution in [2.24, 2.45) is 0 Å². The Hall–Kier alpha value is -0.100. The van der Waals surface area contributed by atoms with Gasteiger partial charge in [0.05, 0.1) is 13.2 Å². The largest absolute Gasteiger partial charge is 0.426 e. The minimum atomic E-state index is -5.01. The molecule has 0 unspecified atom stereocenters. The number of aliphatic hydroxyl groups excluding tert-OH is 1. The molecular weight excluding hydrogens is 224 g/mol. The molecule has 0 rings (SSSR count). The van der Waals surface area contributed by atoms with E-state index in [-0.39, 0.29) is 13.2 Å². The highest BCUT2D eigenvalue weighted by Gasteiger charge is 2.52. The van der Waals surface area contributed by atoms with Crippen LogP contribution in [-0.4, -0.2) is 30.3 Å². The molecule has 0 aromatic rings. The standard InChI is InChI=1S/C6H12F3O4P/c1-3-12-14(11,13-4-2)5(10)6(7,8)9/h5,10H,3-4H2,1-2H3/t5-/m1/s1. The molecular formula is C6H12F3O4P. The monoisotopic (exact) mass is 236 g/mol. The van der Waals surface area contributed by atoms with Gasteiger partial charge in [0.2, 0.25) is 0 Å². The van der Waals surface area contributed by atoms with Gasteiger partial charge < -0.3 is 14.2 Å². The summed E-state index contributed by atoms with van der Waals surface area (Å²) < 4.78 is 56.0. The van der Waals surface area contributed by atoms with Crippen molar-refractivity contribution in [2.45, 2.75) is 25.9 Å². The average Bonchev–Trinajstić information content (AvgIpc) is 2.02. The summed E-state index contributed by atoms with van der Waals surface area (Å²) in [6.45, 7) is 2.25. The van der Waals surface area contributed by atoms with Crippen molar-refractivity contribution in [3.05, 3.63) is 0 Å². The Morgan fingerprint density at radius 1 is 1.29 bits per heavy atom. The first-order valence-electron chi connectivity index (χ1n) is 3.91. The highest BCUT2D eigenvalue weighted by Crippen LogP contribution is 2.56. The highest BCUT2D eigenvalue weighted by atomic mass is 31.2. The Morgan fingerprint density at radius 2 is 1.64 bits per heavy atom. The van der Waals surface area contributed by atoms with Crippen LogP contribution in [-0.2, 0) is 13.6 Å². The van der Waals surface area contributed by atoms with Crippen LogP contribution in [0.15, 0.2) is 0 Å². The van der Waals surface area contributed by atoms with E-state index >= 15 is 0 Å². The van der Waals surface area contributed by atoms with E-state index in [1.165, 1.54) is 13.8 Å². The fraction of sp³-hybridized carbons (Fsp3) is 1.00. The van der Waals surface area contributed by atoms with Crippen LogP contribution in [0.2, 0.25) is 0 Å². The van der Waals surface area contributed by atoms with E-state index in [9.17, 15) is 17.7 Å². The zero-order chi connectivity index (χ0) is 11.4. The van der Waals surface area contributed by atoms with Crippen LogP contribution in [0, 0.1) is 0 Å². The molecule has 0 heterocycles. The minimum Gasteiger partial charge on any atom is -0.373 e. The Bertz CT molecular complexity index is 208. The molecule has 1 atom stereocenters. The van der Waals surface area contributed by atoms with Crippen LogP contribution >= 0.6 is 7.60 Å². The maximum atomic E-state index is 12.0. The van der Waals surface area contributed by atoms with Crippen LogP contribution in [0.25, 0.3) is 0 Å². The lowest BCUT2D eigenvalue weighted by Gasteiger charge is -2.23. The minimum absolute atomic E-state index is 0.232. The molecule has 0 aliphatic rings. The second-order valence-electron chi connectivity index (χ2n) is 2.29. The van der Waals surface area contributed by atoms with Gasteiger partial charge in [-0.15, -0.1) is 0 Å². The maximum absolute atomic E-state index is 12.0. The first-order valence-corrected chi connectivity index (χ1v) is 5.52. The van der Waals surface area contributed by atoms with Crippen molar-refractivity contribution in [3.8, 4) is 0 Å². The van der Waals surface area contributed by atoms with Gasteiger partial charge >= 0.3 is 13.8 Å². The third-order valence-electron chi connectivity index (χ3n) is 1.21. The van der Waals surface area contributed by atoms with Gasteiger partial charge in [0.1, 0.15) is 0 Å². The molecule has 8 heteroatoms. The van der Waals surface area contributed by atoms with Gasteiger partial charge in [0.15, 0.2) is 0 Å². The van der Waals surface area contributed by atoms with Crippen molar-refractivity contribution in [1.82, 2.24) is 0 Å². The topological polar surface area (TPSA) is 55.8 Å². The van der Waals surface area contributed by atoms with Gasteiger partial charge in [0.25, 0.3) is 5.85 Å². The van der Waals surface area contributed by atoms with Crippen LogP contribution < -0.4 is 0 Å². The summed E-state index contributed by atoms with van der Waals surface area (Å²) in [6.07, 6.45) is -5.01. The fourth-order valence-electron chi connectivity index (χ4n) is 0.718. The predicted octanol–water partition coefficient (Wildman–Crippen LogP) is 2.13. The highest BCUT2D eigenvalue weighted by molar-refractivity contribution is 7.54. The first kappa shape index (κ1) is 13.9. The smallest absolute Gasteiger partial charge is 0.373 e. The summed E-state index contributed by atoms with van der Waals surface area (Å²) in [6, 6.07) is 0. The van der Waals surface area contributed by atoms with Crippen LogP contribution in [0.3, 0.4) is 0 Å². The molecule has 0 saturated heterocycles. The molecule has 0 saturated carbocycles. The molecule has 1 N–H and O–H groups in total. The van der Waals surface area contributed by atoms with Crippen molar-refractivity contribution in [3.63, 3.8) is 0 Å². The van der Waals surface area contributed by atoms with E-state index in [0.29, 0.717) is 0 Å². The molecule has 0 aliphatic heterocycles. The molecule has 0 spiro atoms. The lowest BCUT2D eigenvalue weighted by molar-refractivity contribution is -0.182. The van der Waals surface area contributed by atoms with Gasteiger partial charge in [0, 0.05) is 0 Å². The summed E-state index contributed by atoms with van der Waals surface area (Å²) in [5.41, 5.74) is 0. The Kier molecular flexibility index (Phi) is 5.08. The Balaban J connectivity index is 4.73. The zero-order valence-corrected chi connectivity index (χ0v) is 8.64. The normalized spacial score (nSPS) is 15.6. The Labute approximate surface area is 79.5 Å². The van der Waals surface area contributed by atoms with Crippen molar-refractivity contribution >= 4 is 7.60 Å². The van der Waals surface area contributed by atoms with Crippen LogP contribution in [0.1, 0.15) is 13.8 Å². The second kappa shape index (κ2) is 5.11. The van der Waals surface area contributed by atoms with Gasteiger partial charge in [-0.3, -0.25) is 4.57 Å². The summed E-state index contributed by atoms with van der Waals surface area (Å²) >= 11 is 0. The zero-order valence-electron chi connectivity index (χ0n) is 7.74. The molecule has 86 valence electrons. The van der Waals surface area contributed by atoms with Crippen LogP contribution in [0.4, 0.5) is 13.2 Å². The van der Waals surface area contributed by atoms with Crippen LogP contribution in [0.5, 0.6) is 0 Å². The van der Waals surface area contributed by atoms with E-state index in [0.717, 1.165) is 0 Å². The number of rotatable bonds is 5. The number of aliphatic hydroxyl groups is 1. The lowest BCUT2D eigenvalue weighted by Crippen LogP contribution is -2.30. The van der Waals surface area contributed by atoms with E-state index in [4.69, 9.17) is 5.11 Å². The molecule has 0 fully saturated rings. The number of alkyl halides is 3. The number of hydrogen-bond donors (Lipinski definition) is 1. The molecule has 0 aromatic heterocycles. The molecule has 14 heavy (non-hydrogen) atoms. The predicted molar refractivity (Wildman–Crippen MR) is 42.9 cm³/mol. The molecule has 0 aromatic carbocycles. The third kappa shape index (κ3) is 3.57. The molecule has 0 radical (unpaired) electrons. The van der Waals surface area contributed by atoms with Gasteiger partial charge in [-0.1, -0.05) is 0 Å². The molecule has 4 nitrogen and oxygen atoms in total. The van der Waals surface area contributed by atoms with Gasteiger partial charge in [-0.2, -0.15) is 13.2 Å². The lowest BCUT2D eigenvalue weighted by atomic mass is 10.7. The first-order chi connectivity index (χ1) is 6.28.